The fourth-order valence-electron chi connectivity index (χ4n) is 19.3. The summed E-state index contributed by atoms with van der Waals surface area (Å²) >= 11 is 0. The first-order chi connectivity index (χ1) is 65.5. The summed E-state index contributed by atoms with van der Waals surface area (Å²) in [6.07, 6.45) is 131. The Kier molecular flexibility index (Phi) is 105. The van der Waals surface area contributed by atoms with Gasteiger partial charge in [0.25, 0.3) is 0 Å². The Bertz CT molecular complexity index is 2470. The van der Waals surface area contributed by atoms with Crippen LogP contribution in [-0.4, -0.2) is 39.6 Å². The van der Waals surface area contributed by atoms with Crippen molar-refractivity contribution < 1.29 is 28.4 Å². The van der Waals surface area contributed by atoms with Crippen LogP contribution in [0.25, 0.3) is 10.4 Å². The highest BCUT2D eigenvalue weighted by molar-refractivity contribution is 5.55. The van der Waals surface area contributed by atoms with Crippen LogP contribution in [-0.2, 0) is 13.1 Å². The van der Waals surface area contributed by atoms with E-state index in [2.05, 4.69) is 63.7 Å². The first-order valence-electron chi connectivity index (χ1n) is 60.3. The SMILES string of the molecule is CCCCCCCCCCCCCCCCCCOc1cc(CN)cc(OCCCCCCCCCCCCCCCCCC)c1OCCCCCCCCCCCCCCCCCC.CCCCCCCCCCCCCCCCCCOc1cc(CN=[N+]=[N-])cc(OCCCCCCCCCCCCCCCCCC)c1OCCCCCCCCCCCCCCCCCC. The summed E-state index contributed by atoms with van der Waals surface area (Å²) in [5.74, 6) is 4.67. The van der Waals surface area contributed by atoms with E-state index in [4.69, 9.17) is 39.7 Å². The van der Waals surface area contributed by atoms with E-state index < -0.39 is 0 Å². The van der Waals surface area contributed by atoms with Crippen molar-refractivity contribution in [3.05, 3.63) is 45.8 Å². The predicted octanol–water partition coefficient (Wildman–Crippen LogP) is 43.5. The lowest BCUT2D eigenvalue weighted by molar-refractivity contribution is 0.234. The number of hydrogen-bond acceptors (Lipinski definition) is 8. The zero-order chi connectivity index (χ0) is 94.6. The van der Waals surface area contributed by atoms with Gasteiger partial charge in [-0.2, -0.15) is 0 Å². The van der Waals surface area contributed by atoms with Gasteiger partial charge in [0.1, 0.15) is 0 Å². The summed E-state index contributed by atoms with van der Waals surface area (Å²) in [5, 5.41) is 3.90. The molecule has 0 saturated carbocycles. The summed E-state index contributed by atoms with van der Waals surface area (Å²) in [7, 11) is 0. The second kappa shape index (κ2) is 110. The van der Waals surface area contributed by atoms with Crippen LogP contribution in [0.3, 0.4) is 0 Å². The molecule has 0 fully saturated rings. The molecule has 0 saturated heterocycles. The Morgan fingerprint density at radius 1 is 0.182 bits per heavy atom. The van der Waals surface area contributed by atoms with Crippen molar-refractivity contribution in [2.45, 2.75) is 671 Å². The molecule has 2 aromatic rings. The molecule has 776 valence electrons. The highest BCUT2D eigenvalue weighted by atomic mass is 16.5. The smallest absolute Gasteiger partial charge is 0.203 e. The van der Waals surface area contributed by atoms with Gasteiger partial charge >= 0.3 is 0 Å². The molecule has 0 aliphatic rings. The first kappa shape index (κ1) is 127. The lowest BCUT2D eigenvalue weighted by Gasteiger charge is -2.19. The van der Waals surface area contributed by atoms with Crippen LogP contribution in [0.1, 0.15) is 669 Å². The number of benzene rings is 2. The van der Waals surface area contributed by atoms with Crippen LogP contribution in [0.4, 0.5) is 0 Å². The fraction of sp³-hybridized carbons (Fsp3) is 0.902. The summed E-state index contributed by atoms with van der Waals surface area (Å²) < 4.78 is 39.1. The van der Waals surface area contributed by atoms with Crippen molar-refractivity contribution >= 4 is 0 Å². The van der Waals surface area contributed by atoms with Gasteiger partial charge in [0.15, 0.2) is 23.0 Å². The van der Waals surface area contributed by atoms with E-state index in [9.17, 15) is 0 Å². The Labute approximate surface area is 825 Å². The first-order valence-corrected chi connectivity index (χ1v) is 60.3. The van der Waals surface area contributed by atoms with Crippen LogP contribution in [0.15, 0.2) is 29.4 Å². The van der Waals surface area contributed by atoms with Crippen molar-refractivity contribution in [2.24, 2.45) is 10.8 Å². The van der Waals surface area contributed by atoms with E-state index in [0.29, 0.717) is 33.0 Å². The molecule has 0 aliphatic heterocycles. The lowest BCUT2D eigenvalue weighted by Crippen LogP contribution is -2.08. The third kappa shape index (κ3) is 90.4. The number of nitrogens with two attached hydrogens (primary N) is 1. The minimum Gasteiger partial charge on any atom is -0.490 e. The molecule has 0 aliphatic carbocycles. The number of ether oxygens (including phenoxy) is 6. The highest BCUT2D eigenvalue weighted by Gasteiger charge is 2.19. The normalized spacial score (nSPS) is 11.4. The average Bonchev–Trinajstić information content (AvgIpc) is 0.830. The maximum Gasteiger partial charge on any atom is 0.203 e. The molecule has 2 rings (SSSR count). The Balaban J connectivity index is 0.00000132. The van der Waals surface area contributed by atoms with E-state index in [1.165, 1.54) is 578 Å². The molecule has 0 amide bonds. The summed E-state index contributed by atoms with van der Waals surface area (Å²) in [5.41, 5.74) is 17.3. The topological polar surface area (TPSA) is 130 Å². The number of azide groups is 1. The zero-order valence-electron chi connectivity index (χ0n) is 90.2. The molecule has 2 N–H and O–H groups in total. The fourth-order valence-corrected chi connectivity index (χ4v) is 19.3. The van der Waals surface area contributed by atoms with Gasteiger partial charge in [-0.1, -0.05) is 625 Å². The standard InChI is InChI=1S/C61H115N3O3.C61H117NO3/c1-4-7-10-13-16-19-22-25-28-31-34-37-40-43-46-49-52-65-59-55-58(57-63-64-62)56-60(66-53-50-47-44-41-38-35-32-29-26-23-20-17-14-11-8-5-2)61(59)67-54-51-48-45-42-39-36-33-30-27-24-21-18-15-12-9-6-3;1-4-7-10-13-16-19-22-25-28-31-34-37-40-43-46-49-52-63-59-55-58(57-62)56-60(64-53-50-47-44-41-38-35-32-29-26-23-20-17-14-11-8-5-2)61(59)65-54-51-48-45-42-39-36-33-30-27-24-21-18-15-12-9-6-3/h55-56H,4-54,57H2,1-3H3;55-56H,4-54,57,62H2,1-3H3. The number of nitrogens with zero attached hydrogens (tertiary/aromatic N) is 3. The molecule has 132 heavy (non-hydrogen) atoms. The minimum atomic E-state index is 0.278. The van der Waals surface area contributed by atoms with E-state index in [0.717, 1.165) is 97.4 Å². The van der Waals surface area contributed by atoms with Crippen LogP contribution in [0.2, 0.25) is 0 Å². The van der Waals surface area contributed by atoms with Gasteiger partial charge in [0.05, 0.1) is 46.2 Å². The van der Waals surface area contributed by atoms with Crippen molar-refractivity contribution in [3.63, 3.8) is 0 Å². The number of rotatable bonds is 111. The van der Waals surface area contributed by atoms with Crippen LogP contribution in [0, 0.1) is 0 Å². The third-order valence-electron chi connectivity index (χ3n) is 28.2. The zero-order valence-corrected chi connectivity index (χ0v) is 90.2. The highest BCUT2D eigenvalue weighted by Crippen LogP contribution is 2.42. The maximum atomic E-state index is 9.14. The van der Waals surface area contributed by atoms with E-state index in [1.54, 1.807) is 0 Å². The van der Waals surface area contributed by atoms with E-state index in [-0.39, 0.29) is 6.54 Å². The van der Waals surface area contributed by atoms with Gasteiger partial charge in [-0.25, -0.2) is 0 Å². The van der Waals surface area contributed by atoms with Crippen molar-refractivity contribution in [1.82, 2.24) is 0 Å². The van der Waals surface area contributed by atoms with E-state index in [1.807, 2.05) is 12.1 Å². The van der Waals surface area contributed by atoms with Gasteiger partial charge < -0.3 is 34.2 Å². The molecule has 2 aromatic carbocycles. The van der Waals surface area contributed by atoms with Gasteiger partial charge in [0.2, 0.25) is 11.5 Å². The summed E-state index contributed by atoms with van der Waals surface area (Å²) in [4.78, 5) is 3.05. The number of unbranched alkanes of at least 4 members (excludes halogenated alkanes) is 90. The summed E-state index contributed by atoms with van der Waals surface area (Å²) in [6.45, 7) is 18.7. The molecular weight excluding hydrogens is 1620 g/mol. The molecule has 0 radical (unpaired) electrons. The minimum absolute atomic E-state index is 0.278. The molecule has 0 bridgehead atoms. The molecule has 0 spiro atoms. The maximum absolute atomic E-state index is 9.14. The molecule has 0 unspecified atom stereocenters. The molecule has 10 nitrogen and oxygen atoms in total. The van der Waals surface area contributed by atoms with Gasteiger partial charge in [-0.3, -0.25) is 0 Å². The van der Waals surface area contributed by atoms with Crippen LogP contribution < -0.4 is 34.2 Å². The third-order valence-corrected chi connectivity index (χ3v) is 28.2. The Morgan fingerprint density at radius 3 is 0.432 bits per heavy atom. The monoisotopic (exact) mass is 1850 g/mol. The lowest BCUT2D eigenvalue weighted by atomic mass is 10.0. The van der Waals surface area contributed by atoms with Crippen LogP contribution >= 0.6 is 0 Å². The summed E-state index contributed by atoms with van der Waals surface area (Å²) in [6, 6.07) is 8.25. The van der Waals surface area contributed by atoms with Crippen LogP contribution in [0.5, 0.6) is 34.5 Å². The Morgan fingerprint density at radius 2 is 0.303 bits per heavy atom. The van der Waals surface area contributed by atoms with Gasteiger partial charge in [-0.15, -0.1) is 0 Å². The molecule has 10 heteroatoms. The molecule has 0 atom stereocenters. The second-order valence-electron chi connectivity index (χ2n) is 41.3. The van der Waals surface area contributed by atoms with Gasteiger partial charge in [0, 0.05) is 11.5 Å². The molecule has 0 aromatic heterocycles. The predicted molar refractivity (Wildman–Crippen MR) is 584 cm³/mol. The van der Waals surface area contributed by atoms with Crippen molar-refractivity contribution in [3.8, 4) is 34.5 Å². The Hall–Kier alpha value is -3.49. The quantitative estimate of drug-likeness (QED) is 0.0302. The van der Waals surface area contributed by atoms with Crippen molar-refractivity contribution in [2.75, 3.05) is 39.6 Å². The number of hydrogen-bond donors (Lipinski definition) is 1. The van der Waals surface area contributed by atoms with Crippen molar-refractivity contribution in [1.29, 1.82) is 0 Å². The second-order valence-corrected chi connectivity index (χ2v) is 41.3. The largest absolute Gasteiger partial charge is 0.490 e. The molecular formula is C122H232N4O6. The van der Waals surface area contributed by atoms with E-state index >= 15 is 0 Å². The van der Waals surface area contributed by atoms with Gasteiger partial charge in [-0.05, 0) is 79.4 Å². The molecule has 0 heterocycles. The average molecular weight is 1850 g/mol.